The lowest BCUT2D eigenvalue weighted by Crippen LogP contribution is -2.26. The number of nitrogens with zero attached hydrogens (tertiary/aromatic N) is 1. The van der Waals surface area contributed by atoms with E-state index < -0.39 is 0 Å². The minimum Gasteiger partial charge on any atom is -0.370 e. The first-order valence-electron chi connectivity index (χ1n) is 6.12. The Morgan fingerprint density at radius 1 is 0.952 bits per heavy atom. The van der Waals surface area contributed by atoms with Crippen molar-refractivity contribution in [2.24, 2.45) is 0 Å². The van der Waals surface area contributed by atoms with Gasteiger partial charge in [0.1, 0.15) is 0 Å². The maximum atomic E-state index is 6.25. The molecule has 1 aliphatic rings. The second-order valence-electron chi connectivity index (χ2n) is 4.61. The number of fused-ring (bicyclic) bond motifs is 1. The van der Waals surface area contributed by atoms with E-state index in [1.165, 1.54) is 0 Å². The SMILES string of the molecule is Clc1cc(Cl)cc(CN2CNc3cc(Cl)cc(Cl)c3S2)c1. The number of rotatable bonds is 2. The molecular weight excluding hydrogens is 370 g/mol. The van der Waals surface area contributed by atoms with Crippen LogP contribution in [0.2, 0.25) is 20.1 Å². The highest BCUT2D eigenvalue weighted by Crippen LogP contribution is 2.42. The van der Waals surface area contributed by atoms with Crippen LogP contribution in [0, 0.1) is 0 Å². The van der Waals surface area contributed by atoms with E-state index in [1.54, 1.807) is 24.1 Å². The number of nitrogens with one attached hydrogen (secondary N) is 1. The third-order valence-corrected chi connectivity index (χ3v) is 5.16. The summed E-state index contributed by atoms with van der Waals surface area (Å²) in [6, 6.07) is 9.17. The van der Waals surface area contributed by atoms with Gasteiger partial charge in [-0.15, -0.1) is 0 Å². The predicted octanol–water partition coefficient (Wildman–Crippen LogP) is 6.19. The van der Waals surface area contributed by atoms with Crippen molar-refractivity contribution in [1.82, 2.24) is 4.31 Å². The van der Waals surface area contributed by atoms with E-state index in [0.717, 1.165) is 16.1 Å². The van der Waals surface area contributed by atoms with Crippen molar-refractivity contribution in [1.29, 1.82) is 0 Å². The normalized spacial score (nSPS) is 14.7. The van der Waals surface area contributed by atoms with Gasteiger partial charge in [-0.2, -0.15) is 0 Å². The Hall–Kier alpha value is -0.290. The summed E-state index contributed by atoms with van der Waals surface area (Å²) in [6.45, 7) is 1.38. The molecule has 0 spiro atoms. The molecule has 2 nitrogen and oxygen atoms in total. The molecular formula is C14H10Cl4N2S. The van der Waals surface area contributed by atoms with E-state index in [2.05, 4.69) is 9.62 Å². The summed E-state index contributed by atoms with van der Waals surface area (Å²) in [5, 5.41) is 5.86. The summed E-state index contributed by atoms with van der Waals surface area (Å²) in [4.78, 5) is 0.973. The van der Waals surface area contributed by atoms with Gasteiger partial charge < -0.3 is 5.32 Å². The van der Waals surface area contributed by atoms with Gasteiger partial charge in [0.05, 0.1) is 22.3 Å². The van der Waals surface area contributed by atoms with Gasteiger partial charge in [0, 0.05) is 21.6 Å². The molecule has 21 heavy (non-hydrogen) atoms. The number of hydrogen-bond donors (Lipinski definition) is 1. The van der Waals surface area contributed by atoms with Crippen molar-refractivity contribution in [2.75, 3.05) is 12.0 Å². The molecule has 1 aliphatic heterocycles. The molecule has 0 aromatic heterocycles. The Morgan fingerprint density at radius 3 is 2.33 bits per heavy atom. The summed E-state index contributed by atoms with van der Waals surface area (Å²) in [7, 11) is 0. The van der Waals surface area contributed by atoms with Crippen molar-refractivity contribution < 1.29 is 0 Å². The maximum Gasteiger partial charge on any atom is 0.0782 e. The van der Waals surface area contributed by atoms with E-state index in [1.807, 2.05) is 18.2 Å². The lowest BCUT2D eigenvalue weighted by atomic mass is 10.2. The molecule has 0 atom stereocenters. The molecule has 2 aromatic rings. The molecule has 0 amide bonds. The van der Waals surface area contributed by atoms with Gasteiger partial charge in [0.15, 0.2) is 0 Å². The summed E-state index contributed by atoms with van der Waals surface area (Å²) >= 11 is 25.9. The molecule has 0 radical (unpaired) electrons. The molecule has 1 heterocycles. The number of halogens is 4. The van der Waals surface area contributed by atoms with Crippen LogP contribution in [-0.4, -0.2) is 11.0 Å². The van der Waals surface area contributed by atoms with Crippen molar-refractivity contribution in [2.45, 2.75) is 11.4 Å². The molecule has 2 aromatic carbocycles. The van der Waals surface area contributed by atoms with E-state index in [9.17, 15) is 0 Å². The average Bonchev–Trinajstić information content (AvgIpc) is 2.38. The topological polar surface area (TPSA) is 15.3 Å². The Kier molecular flexibility index (Phi) is 4.79. The van der Waals surface area contributed by atoms with Gasteiger partial charge in [0.25, 0.3) is 0 Å². The highest BCUT2D eigenvalue weighted by molar-refractivity contribution is 7.97. The van der Waals surface area contributed by atoms with Gasteiger partial charge in [-0.25, -0.2) is 4.31 Å². The second kappa shape index (κ2) is 6.45. The maximum absolute atomic E-state index is 6.25. The van der Waals surface area contributed by atoms with Crippen molar-refractivity contribution >= 4 is 64.0 Å². The van der Waals surface area contributed by atoms with Crippen LogP contribution in [0.1, 0.15) is 5.56 Å². The number of benzene rings is 2. The number of anilines is 1. The largest absolute Gasteiger partial charge is 0.370 e. The van der Waals surface area contributed by atoms with Crippen LogP contribution in [0.5, 0.6) is 0 Å². The molecule has 110 valence electrons. The van der Waals surface area contributed by atoms with Crippen molar-refractivity contribution in [3.05, 3.63) is 56.0 Å². The zero-order valence-corrected chi connectivity index (χ0v) is 14.5. The fraction of sp³-hybridized carbons (Fsp3) is 0.143. The predicted molar refractivity (Wildman–Crippen MR) is 92.8 cm³/mol. The Balaban J connectivity index is 1.80. The molecule has 1 N–H and O–H groups in total. The lowest BCUT2D eigenvalue weighted by Gasteiger charge is -2.29. The van der Waals surface area contributed by atoms with E-state index in [4.69, 9.17) is 46.4 Å². The fourth-order valence-corrected chi connectivity index (χ4v) is 4.26. The Labute approximate surface area is 147 Å². The molecule has 0 saturated heterocycles. The van der Waals surface area contributed by atoms with Gasteiger partial charge in [-0.05, 0) is 47.8 Å². The van der Waals surface area contributed by atoms with Gasteiger partial charge in [-0.1, -0.05) is 46.4 Å². The lowest BCUT2D eigenvalue weighted by molar-refractivity contribution is 0.493. The van der Waals surface area contributed by atoms with Gasteiger partial charge in [-0.3, -0.25) is 0 Å². The van der Waals surface area contributed by atoms with Crippen LogP contribution in [0.25, 0.3) is 0 Å². The standard InChI is InChI=1S/C14H10Cl4N2S/c15-9-1-8(2-10(16)3-9)6-20-7-19-13-5-11(17)4-12(18)14(13)21-20/h1-5,19H,6-7H2. The summed E-state index contributed by atoms with van der Waals surface area (Å²) in [6.07, 6.45) is 0. The van der Waals surface area contributed by atoms with Crippen LogP contribution < -0.4 is 5.32 Å². The van der Waals surface area contributed by atoms with Crippen molar-refractivity contribution in [3.8, 4) is 0 Å². The monoisotopic (exact) mass is 378 g/mol. The highest BCUT2D eigenvalue weighted by atomic mass is 35.5. The smallest absolute Gasteiger partial charge is 0.0782 e. The minimum absolute atomic E-state index is 0.627. The molecule has 3 rings (SSSR count). The third kappa shape index (κ3) is 3.73. The molecule has 0 bridgehead atoms. The van der Waals surface area contributed by atoms with Crippen molar-refractivity contribution in [3.63, 3.8) is 0 Å². The summed E-state index contributed by atoms with van der Waals surface area (Å²) in [5.74, 6) is 0. The van der Waals surface area contributed by atoms with Gasteiger partial charge in [0.2, 0.25) is 0 Å². The fourth-order valence-electron chi connectivity index (χ4n) is 2.11. The van der Waals surface area contributed by atoms with Crippen LogP contribution in [-0.2, 0) is 6.54 Å². The highest BCUT2D eigenvalue weighted by Gasteiger charge is 2.20. The van der Waals surface area contributed by atoms with E-state index in [-0.39, 0.29) is 0 Å². The summed E-state index contributed by atoms with van der Waals surface area (Å²) < 4.78 is 2.14. The second-order valence-corrected chi connectivity index (χ2v) is 7.43. The Morgan fingerprint density at radius 2 is 1.62 bits per heavy atom. The minimum atomic E-state index is 0.627. The van der Waals surface area contributed by atoms with E-state index >= 15 is 0 Å². The van der Waals surface area contributed by atoms with Crippen LogP contribution in [0.15, 0.2) is 35.2 Å². The molecule has 0 saturated carbocycles. The average molecular weight is 380 g/mol. The quantitative estimate of drug-likeness (QED) is 0.626. The zero-order chi connectivity index (χ0) is 15.0. The van der Waals surface area contributed by atoms with Crippen LogP contribution in [0.3, 0.4) is 0 Å². The first-order chi connectivity index (χ1) is 10.0. The summed E-state index contributed by atoms with van der Waals surface area (Å²) in [5.41, 5.74) is 2.01. The first kappa shape index (κ1) is 15.6. The first-order valence-corrected chi connectivity index (χ1v) is 8.40. The Bertz CT molecular complexity index is 673. The third-order valence-electron chi connectivity index (χ3n) is 2.96. The number of hydrogen-bond acceptors (Lipinski definition) is 3. The van der Waals surface area contributed by atoms with Gasteiger partial charge >= 0.3 is 0 Å². The molecule has 0 unspecified atom stereocenters. The molecule has 0 fully saturated rings. The van der Waals surface area contributed by atoms with E-state index in [0.29, 0.717) is 33.3 Å². The molecule has 0 aliphatic carbocycles. The zero-order valence-electron chi connectivity index (χ0n) is 10.7. The van der Waals surface area contributed by atoms with Crippen LogP contribution in [0.4, 0.5) is 5.69 Å². The molecule has 7 heteroatoms. The van der Waals surface area contributed by atoms with Crippen LogP contribution >= 0.6 is 58.4 Å².